The van der Waals surface area contributed by atoms with Crippen LogP contribution < -0.4 is 4.74 Å². The van der Waals surface area contributed by atoms with E-state index in [0.29, 0.717) is 28.6 Å². The van der Waals surface area contributed by atoms with Gasteiger partial charge in [0.2, 0.25) is 11.6 Å². The predicted octanol–water partition coefficient (Wildman–Crippen LogP) is 5.03. The molecule has 0 atom stereocenters. The van der Waals surface area contributed by atoms with E-state index in [4.69, 9.17) is 20.9 Å². The highest BCUT2D eigenvalue weighted by molar-refractivity contribution is 6.30. The maximum absolute atomic E-state index is 13.3. The molecule has 0 aliphatic rings. The van der Waals surface area contributed by atoms with Gasteiger partial charge >= 0.3 is 0 Å². The molecule has 32 heavy (non-hydrogen) atoms. The topological polar surface area (TPSA) is 83.0 Å². The normalized spacial score (nSPS) is 11.1. The Bertz CT molecular complexity index is 1410. The van der Waals surface area contributed by atoms with Crippen molar-refractivity contribution in [2.45, 2.75) is 6.54 Å². The first-order valence-electron chi connectivity index (χ1n) is 9.83. The second-order valence-electron chi connectivity index (χ2n) is 7.15. The molecule has 0 radical (unpaired) electrons. The van der Waals surface area contributed by atoms with Crippen molar-refractivity contribution < 1.29 is 14.1 Å². The number of ketones is 1. The number of carbonyl (C=O) groups excluding carboxylic acids is 1. The van der Waals surface area contributed by atoms with Crippen LogP contribution in [-0.4, -0.2) is 32.6 Å². The largest absolute Gasteiger partial charge is 0.497 e. The van der Waals surface area contributed by atoms with Crippen LogP contribution in [0.4, 0.5) is 0 Å². The van der Waals surface area contributed by atoms with Crippen molar-refractivity contribution in [3.63, 3.8) is 0 Å². The predicted molar refractivity (Wildman–Crippen MR) is 120 cm³/mol. The standard InChI is InChI=1S/C24H17ClN4O3/c1-31-17-9-10-21-18(12-17)19(14-29(21)13-15-5-7-16(25)8-6-15)22(30)23-27-24(32-28-23)20-4-2-3-11-26-20/h2-12,14H,13H2,1H3. The number of methoxy groups -OCH3 is 1. The minimum Gasteiger partial charge on any atom is -0.497 e. The lowest BCUT2D eigenvalue weighted by atomic mass is 10.1. The SMILES string of the molecule is COc1ccc2c(c1)c(C(=O)c1noc(-c3ccccn3)n1)cn2Cc1ccc(Cl)cc1. The van der Waals surface area contributed by atoms with Crippen LogP contribution in [0.3, 0.4) is 0 Å². The van der Waals surface area contributed by atoms with Gasteiger partial charge in [-0.05, 0) is 48.0 Å². The maximum atomic E-state index is 13.3. The molecule has 0 aliphatic heterocycles. The van der Waals surface area contributed by atoms with Crippen molar-refractivity contribution in [3.05, 3.63) is 95.0 Å². The molecule has 5 rings (SSSR count). The molecule has 0 saturated carbocycles. The lowest BCUT2D eigenvalue weighted by Gasteiger charge is -2.06. The van der Waals surface area contributed by atoms with Crippen LogP contribution in [0.15, 0.2) is 77.6 Å². The number of nitrogens with zero attached hydrogens (tertiary/aromatic N) is 4. The summed E-state index contributed by atoms with van der Waals surface area (Å²) in [5, 5.41) is 5.31. The van der Waals surface area contributed by atoms with Crippen molar-refractivity contribution in [1.29, 1.82) is 0 Å². The Morgan fingerprint density at radius 1 is 1.12 bits per heavy atom. The number of pyridine rings is 1. The Morgan fingerprint density at radius 3 is 2.72 bits per heavy atom. The van der Waals surface area contributed by atoms with Gasteiger partial charge in [-0.1, -0.05) is 35.0 Å². The molecule has 0 fully saturated rings. The third-order valence-electron chi connectivity index (χ3n) is 5.11. The molecular weight excluding hydrogens is 428 g/mol. The monoisotopic (exact) mass is 444 g/mol. The van der Waals surface area contributed by atoms with Gasteiger partial charge < -0.3 is 13.8 Å². The first-order chi connectivity index (χ1) is 15.6. The van der Waals surface area contributed by atoms with E-state index in [1.54, 1.807) is 31.6 Å². The van der Waals surface area contributed by atoms with Crippen molar-refractivity contribution >= 4 is 28.3 Å². The van der Waals surface area contributed by atoms with Crippen molar-refractivity contribution in [2.75, 3.05) is 7.11 Å². The van der Waals surface area contributed by atoms with Gasteiger partial charge in [-0.3, -0.25) is 9.78 Å². The number of hydrogen-bond acceptors (Lipinski definition) is 6. The smallest absolute Gasteiger partial charge is 0.276 e. The van der Waals surface area contributed by atoms with Crippen LogP contribution in [0.1, 0.15) is 21.7 Å². The Labute approximate surface area is 188 Å². The van der Waals surface area contributed by atoms with Gasteiger partial charge in [-0.25, -0.2) is 0 Å². The van der Waals surface area contributed by atoms with Gasteiger partial charge in [0.05, 0.1) is 12.7 Å². The fourth-order valence-electron chi connectivity index (χ4n) is 3.53. The van der Waals surface area contributed by atoms with Gasteiger partial charge in [0.15, 0.2) is 0 Å². The van der Waals surface area contributed by atoms with E-state index in [1.807, 2.05) is 53.1 Å². The van der Waals surface area contributed by atoms with Crippen LogP contribution in [0.2, 0.25) is 5.02 Å². The zero-order valence-corrected chi connectivity index (χ0v) is 17.8. The first-order valence-corrected chi connectivity index (χ1v) is 10.2. The lowest BCUT2D eigenvalue weighted by molar-refractivity contribution is 0.102. The Hall–Kier alpha value is -3.97. The summed E-state index contributed by atoms with van der Waals surface area (Å²) in [7, 11) is 1.59. The van der Waals surface area contributed by atoms with Gasteiger partial charge in [0.25, 0.3) is 5.89 Å². The maximum Gasteiger partial charge on any atom is 0.276 e. The summed E-state index contributed by atoms with van der Waals surface area (Å²) >= 11 is 6.01. The van der Waals surface area contributed by atoms with Crippen LogP contribution in [-0.2, 0) is 6.54 Å². The third-order valence-corrected chi connectivity index (χ3v) is 5.36. The fraction of sp³-hybridized carbons (Fsp3) is 0.0833. The number of aromatic nitrogens is 4. The van der Waals surface area contributed by atoms with Crippen molar-refractivity contribution in [3.8, 4) is 17.3 Å². The van der Waals surface area contributed by atoms with E-state index in [0.717, 1.165) is 16.5 Å². The zero-order valence-electron chi connectivity index (χ0n) is 17.0. The number of hydrogen-bond donors (Lipinski definition) is 0. The second kappa shape index (κ2) is 8.28. The highest BCUT2D eigenvalue weighted by Crippen LogP contribution is 2.29. The minimum absolute atomic E-state index is 0.0287. The Balaban J connectivity index is 1.56. The summed E-state index contributed by atoms with van der Waals surface area (Å²) in [6.45, 7) is 0.568. The molecule has 5 aromatic rings. The fourth-order valence-corrected chi connectivity index (χ4v) is 3.66. The van der Waals surface area contributed by atoms with Crippen LogP contribution >= 0.6 is 11.6 Å². The number of rotatable bonds is 6. The molecule has 7 nitrogen and oxygen atoms in total. The average Bonchev–Trinajstić information content (AvgIpc) is 3.46. The van der Waals surface area contributed by atoms with Gasteiger partial charge in [0.1, 0.15) is 11.4 Å². The number of benzene rings is 2. The van der Waals surface area contributed by atoms with E-state index in [1.165, 1.54) is 0 Å². The first kappa shape index (κ1) is 20.0. The van der Waals surface area contributed by atoms with Crippen LogP contribution in [0.25, 0.3) is 22.5 Å². The summed E-state index contributed by atoms with van der Waals surface area (Å²) < 4.78 is 12.7. The molecular formula is C24H17ClN4O3. The van der Waals surface area contributed by atoms with Gasteiger partial charge in [-0.2, -0.15) is 4.98 Å². The molecule has 0 spiro atoms. The second-order valence-corrected chi connectivity index (χ2v) is 7.58. The Morgan fingerprint density at radius 2 is 1.97 bits per heavy atom. The Kier molecular flexibility index (Phi) is 5.17. The molecule has 3 aromatic heterocycles. The summed E-state index contributed by atoms with van der Waals surface area (Å²) in [4.78, 5) is 21.8. The average molecular weight is 445 g/mol. The molecule has 0 saturated heterocycles. The molecule has 0 aliphatic carbocycles. The molecule has 158 valence electrons. The quantitative estimate of drug-likeness (QED) is 0.342. The highest BCUT2D eigenvalue weighted by Gasteiger charge is 2.23. The van der Waals surface area contributed by atoms with Gasteiger partial charge in [0, 0.05) is 34.9 Å². The molecule has 3 heterocycles. The van der Waals surface area contributed by atoms with E-state index < -0.39 is 0 Å². The summed E-state index contributed by atoms with van der Waals surface area (Å²) in [6.07, 6.45) is 3.43. The van der Waals surface area contributed by atoms with E-state index in [2.05, 4.69) is 15.1 Å². The van der Waals surface area contributed by atoms with Crippen LogP contribution in [0.5, 0.6) is 5.75 Å². The number of halogens is 1. The molecule has 2 aromatic carbocycles. The highest BCUT2D eigenvalue weighted by atomic mass is 35.5. The number of ether oxygens (including phenoxy) is 1. The van der Waals surface area contributed by atoms with E-state index in [9.17, 15) is 4.79 Å². The number of carbonyl (C=O) groups is 1. The van der Waals surface area contributed by atoms with E-state index in [-0.39, 0.29) is 17.5 Å². The minimum atomic E-state index is -0.343. The molecule has 0 unspecified atom stereocenters. The van der Waals surface area contributed by atoms with E-state index >= 15 is 0 Å². The van der Waals surface area contributed by atoms with Crippen molar-refractivity contribution in [1.82, 2.24) is 19.7 Å². The molecule has 0 bridgehead atoms. The van der Waals surface area contributed by atoms with Crippen molar-refractivity contribution in [2.24, 2.45) is 0 Å². The zero-order chi connectivity index (χ0) is 22.1. The van der Waals surface area contributed by atoms with Gasteiger partial charge in [-0.15, -0.1) is 0 Å². The van der Waals surface area contributed by atoms with Crippen LogP contribution in [0, 0.1) is 0 Å². The number of fused-ring (bicyclic) bond motifs is 1. The molecule has 8 heteroatoms. The lowest BCUT2D eigenvalue weighted by Crippen LogP contribution is -2.03. The summed E-state index contributed by atoms with van der Waals surface area (Å²) in [5.41, 5.74) is 2.91. The summed E-state index contributed by atoms with van der Waals surface area (Å²) in [6, 6.07) is 18.6. The molecule has 0 N–H and O–H groups in total. The summed E-state index contributed by atoms with van der Waals surface area (Å²) in [5.74, 6) is 0.470. The third kappa shape index (κ3) is 3.74. The molecule has 0 amide bonds.